The molecule has 0 heterocycles. The van der Waals surface area contributed by atoms with Gasteiger partial charge in [-0.1, -0.05) is 29.3 Å². The van der Waals surface area contributed by atoms with Crippen LogP contribution in [0, 0.1) is 13.8 Å². The van der Waals surface area contributed by atoms with Crippen molar-refractivity contribution >= 4 is 29.9 Å². The van der Waals surface area contributed by atoms with Crippen molar-refractivity contribution in [2.45, 2.75) is 46.6 Å². The third-order valence-electron chi connectivity index (χ3n) is 2.70. The Balaban J connectivity index is 0.00000361. The first-order valence-corrected chi connectivity index (χ1v) is 6.86. The van der Waals surface area contributed by atoms with E-state index in [0.717, 1.165) is 18.9 Å². The lowest BCUT2D eigenvalue weighted by Gasteiger charge is -2.23. The van der Waals surface area contributed by atoms with E-state index < -0.39 is 0 Å². The van der Waals surface area contributed by atoms with Gasteiger partial charge in [0.05, 0.1) is 0 Å². The second kappa shape index (κ2) is 8.49. The Hall–Kier alpha value is -0.780. The average Bonchev–Trinajstić information content (AvgIpc) is 2.24. The van der Waals surface area contributed by atoms with E-state index in [2.05, 4.69) is 68.4 Å². The normalized spacial score (nSPS) is 11.8. The van der Waals surface area contributed by atoms with Crippen molar-refractivity contribution in [1.29, 1.82) is 0 Å². The van der Waals surface area contributed by atoms with E-state index >= 15 is 0 Å². The van der Waals surface area contributed by atoms with Crippen LogP contribution in [0.1, 0.15) is 37.5 Å². The minimum absolute atomic E-state index is 0. The minimum atomic E-state index is 0. The van der Waals surface area contributed by atoms with Crippen molar-refractivity contribution in [3.63, 3.8) is 0 Å². The molecule has 0 saturated heterocycles. The molecule has 2 N–H and O–H groups in total. The molecule has 0 aliphatic rings. The molecule has 0 bridgehead atoms. The molecule has 0 atom stereocenters. The van der Waals surface area contributed by atoms with E-state index in [-0.39, 0.29) is 29.5 Å². The van der Waals surface area contributed by atoms with Gasteiger partial charge in [-0.05, 0) is 46.6 Å². The fourth-order valence-corrected chi connectivity index (χ4v) is 2.07. The van der Waals surface area contributed by atoms with Crippen LogP contribution < -0.4 is 10.6 Å². The maximum Gasteiger partial charge on any atom is 0.191 e. The van der Waals surface area contributed by atoms with Crippen LogP contribution >= 0.6 is 24.0 Å². The first kappa shape index (κ1) is 19.2. The Morgan fingerprint density at radius 3 is 2.10 bits per heavy atom. The summed E-state index contributed by atoms with van der Waals surface area (Å²) in [6.07, 6.45) is 1.01. The molecule has 4 heteroatoms. The van der Waals surface area contributed by atoms with Crippen LogP contribution in [0.15, 0.2) is 23.2 Å². The second-order valence-electron chi connectivity index (χ2n) is 6.12. The number of aliphatic imine (C=N–C) groups is 1. The average molecular weight is 389 g/mol. The fraction of sp³-hybridized carbons (Fsp3) is 0.562. The third kappa shape index (κ3) is 7.72. The zero-order valence-corrected chi connectivity index (χ0v) is 15.8. The molecule has 20 heavy (non-hydrogen) atoms. The number of hydrogen-bond acceptors (Lipinski definition) is 1. The molecule has 0 aromatic heterocycles. The molecule has 0 amide bonds. The monoisotopic (exact) mass is 389 g/mol. The molecule has 1 aromatic rings. The highest BCUT2D eigenvalue weighted by Gasteiger charge is 2.11. The Morgan fingerprint density at radius 1 is 1.10 bits per heavy atom. The van der Waals surface area contributed by atoms with Crippen molar-refractivity contribution in [3.8, 4) is 0 Å². The van der Waals surface area contributed by atoms with Crippen LogP contribution in [0.3, 0.4) is 0 Å². The van der Waals surface area contributed by atoms with Crippen LogP contribution in [0.5, 0.6) is 0 Å². The first-order chi connectivity index (χ1) is 8.80. The zero-order valence-electron chi connectivity index (χ0n) is 13.5. The smallest absolute Gasteiger partial charge is 0.191 e. The predicted molar refractivity (Wildman–Crippen MR) is 99.3 cm³/mol. The Kier molecular flexibility index (Phi) is 8.16. The number of hydrogen-bond donors (Lipinski definition) is 2. The van der Waals surface area contributed by atoms with Crippen LogP contribution in [0.2, 0.25) is 0 Å². The van der Waals surface area contributed by atoms with Crippen molar-refractivity contribution in [2.24, 2.45) is 4.99 Å². The van der Waals surface area contributed by atoms with Crippen LogP contribution in [-0.4, -0.2) is 25.1 Å². The van der Waals surface area contributed by atoms with Gasteiger partial charge in [0.1, 0.15) is 0 Å². The topological polar surface area (TPSA) is 36.4 Å². The Bertz CT molecular complexity index is 427. The Labute approximate surface area is 140 Å². The molecule has 1 aromatic carbocycles. The van der Waals surface area contributed by atoms with Gasteiger partial charge in [-0.15, -0.1) is 24.0 Å². The van der Waals surface area contributed by atoms with Gasteiger partial charge in [-0.25, -0.2) is 0 Å². The number of rotatable bonds is 3. The summed E-state index contributed by atoms with van der Waals surface area (Å²) in [7, 11) is 1.80. The highest BCUT2D eigenvalue weighted by molar-refractivity contribution is 14.0. The van der Waals surface area contributed by atoms with Gasteiger partial charge < -0.3 is 10.6 Å². The lowest BCUT2D eigenvalue weighted by molar-refractivity contribution is 0.501. The quantitative estimate of drug-likeness (QED) is 0.472. The van der Waals surface area contributed by atoms with Gasteiger partial charge in [0.15, 0.2) is 5.96 Å². The van der Waals surface area contributed by atoms with E-state index in [1.54, 1.807) is 7.05 Å². The van der Waals surface area contributed by atoms with Crippen LogP contribution in [-0.2, 0) is 6.42 Å². The summed E-state index contributed by atoms with van der Waals surface area (Å²) in [4.78, 5) is 4.23. The summed E-state index contributed by atoms with van der Waals surface area (Å²) in [6, 6.07) is 6.69. The van der Waals surface area contributed by atoms with Crippen LogP contribution in [0.25, 0.3) is 0 Å². The summed E-state index contributed by atoms with van der Waals surface area (Å²) >= 11 is 0. The SMILES string of the molecule is CN=C(NCCc1cc(C)cc(C)c1)NC(C)(C)C.I. The van der Waals surface area contributed by atoms with E-state index in [1.807, 2.05) is 0 Å². The minimum Gasteiger partial charge on any atom is -0.356 e. The molecule has 0 spiro atoms. The lowest BCUT2D eigenvalue weighted by Crippen LogP contribution is -2.48. The molecule has 0 aliphatic heterocycles. The summed E-state index contributed by atoms with van der Waals surface area (Å²) in [5.74, 6) is 0.858. The van der Waals surface area contributed by atoms with E-state index in [9.17, 15) is 0 Å². The van der Waals surface area contributed by atoms with Gasteiger partial charge in [0.2, 0.25) is 0 Å². The number of guanidine groups is 1. The molecule has 0 saturated carbocycles. The number of halogens is 1. The summed E-state index contributed by atoms with van der Waals surface area (Å²) in [6.45, 7) is 11.6. The van der Waals surface area contributed by atoms with Gasteiger partial charge >= 0.3 is 0 Å². The number of nitrogens with zero attached hydrogens (tertiary/aromatic N) is 1. The van der Waals surface area contributed by atoms with Gasteiger partial charge in [-0.3, -0.25) is 4.99 Å². The van der Waals surface area contributed by atoms with Crippen molar-refractivity contribution in [1.82, 2.24) is 10.6 Å². The number of benzene rings is 1. The maximum atomic E-state index is 4.23. The van der Waals surface area contributed by atoms with Crippen molar-refractivity contribution in [2.75, 3.05) is 13.6 Å². The largest absolute Gasteiger partial charge is 0.356 e. The lowest BCUT2D eigenvalue weighted by atomic mass is 10.1. The van der Waals surface area contributed by atoms with E-state index in [1.165, 1.54) is 16.7 Å². The van der Waals surface area contributed by atoms with Gasteiger partial charge in [-0.2, -0.15) is 0 Å². The molecule has 0 fully saturated rings. The number of nitrogens with one attached hydrogen (secondary N) is 2. The molecular weight excluding hydrogens is 361 g/mol. The van der Waals surface area contributed by atoms with Crippen LogP contribution in [0.4, 0.5) is 0 Å². The molecule has 0 aliphatic carbocycles. The molecule has 1 rings (SSSR count). The van der Waals surface area contributed by atoms with E-state index in [0.29, 0.717) is 0 Å². The highest BCUT2D eigenvalue weighted by atomic mass is 127. The molecule has 0 unspecified atom stereocenters. The molecule has 0 radical (unpaired) electrons. The number of aryl methyl sites for hydroxylation is 2. The molecular formula is C16H28IN3. The fourth-order valence-electron chi connectivity index (χ4n) is 2.07. The van der Waals surface area contributed by atoms with Gasteiger partial charge in [0, 0.05) is 19.1 Å². The highest BCUT2D eigenvalue weighted by Crippen LogP contribution is 2.09. The van der Waals surface area contributed by atoms with Gasteiger partial charge in [0.25, 0.3) is 0 Å². The third-order valence-corrected chi connectivity index (χ3v) is 2.70. The zero-order chi connectivity index (χ0) is 14.5. The standard InChI is InChI=1S/C16H27N3.HI/c1-12-9-13(2)11-14(10-12)7-8-18-15(17-6)19-16(3,4)5;/h9-11H,7-8H2,1-6H3,(H2,17,18,19);1H. The predicted octanol–water partition coefficient (Wildman–Crippen LogP) is 3.43. The summed E-state index contributed by atoms with van der Waals surface area (Å²) in [5.41, 5.74) is 4.05. The van der Waals surface area contributed by atoms with Crippen molar-refractivity contribution in [3.05, 3.63) is 34.9 Å². The first-order valence-electron chi connectivity index (χ1n) is 6.86. The second-order valence-corrected chi connectivity index (χ2v) is 6.12. The molecule has 3 nitrogen and oxygen atoms in total. The van der Waals surface area contributed by atoms with Crippen molar-refractivity contribution < 1.29 is 0 Å². The summed E-state index contributed by atoms with van der Waals surface area (Å²) in [5, 5.41) is 6.71. The Morgan fingerprint density at radius 2 is 1.65 bits per heavy atom. The summed E-state index contributed by atoms with van der Waals surface area (Å²) < 4.78 is 0. The maximum absolute atomic E-state index is 4.23. The van der Waals surface area contributed by atoms with E-state index in [4.69, 9.17) is 0 Å². The molecule has 114 valence electrons.